The van der Waals surface area contributed by atoms with Crippen molar-refractivity contribution in [1.29, 1.82) is 0 Å². The SMILES string of the molecule is OCc1ccc(C(CO)c2cccnc2)cc1. The third kappa shape index (κ3) is 2.70. The van der Waals surface area contributed by atoms with Gasteiger partial charge in [0.25, 0.3) is 0 Å². The number of rotatable bonds is 4. The smallest absolute Gasteiger partial charge is 0.0681 e. The van der Waals surface area contributed by atoms with Crippen molar-refractivity contribution in [3.8, 4) is 0 Å². The Kier molecular flexibility index (Phi) is 3.85. The van der Waals surface area contributed by atoms with Gasteiger partial charge in [-0.2, -0.15) is 0 Å². The van der Waals surface area contributed by atoms with Crippen LogP contribution in [0.2, 0.25) is 0 Å². The van der Waals surface area contributed by atoms with E-state index in [9.17, 15) is 5.11 Å². The summed E-state index contributed by atoms with van der Waals surface area (Å²) >= 11 is 0. The molecule has 1 aromatic heterocycles. The van der Waals surface area contributed by atoms with Gasteiger partial charge in [-0.15, -0.1) is 0 Å². The fraction of sp³-hybridized carbons (Fsp3) is 0.214. The molecule has 1 atom stereocenters. The molecule has 0 aliphatic rings. The highest BCUT2D eigenvalue weighted by molar-refractivity contribution is 5.32. The number of aliphatic hydroxyl groups is 2. The van der Waals surface area contributed by atoms with Crippen molar-refractivity contribution in [1.82, 2.24) is 4.98 Å². The van der Waals surface area contributed by atoms with Crippen molar-refractivity contribution < 1.29 is 10.2 Å². The Balaban J connectivity index is 2.29. The number of benzene rings is 1. The van der Waals surface area contributed by atoms with Gasteiger partial charge in [-0.1, -0.05) is 30.3 Å². The average molecular weight is 229 g/mol. The van der Waals surface area contributed by atoms with Crippen molar-refractivity contribution >= 4 is 0 Å². The predicted octanol–water partition coefficient (Wildman–Crippen LogP) is 1.70. The summed E-state index contributed by atoms with van der Waals surface area (Å²) in [5, 5.41) is 18.5. The fourth-order valence-electron chi connectivity index (χ4n) is 1.84. The van der Waals surface area contributed by atoms with Crippen LogP contribution in [0.4, 0.5) is 0 Å². The molecular weight excluding hydrogens is 214 g/mol. The normalized spacial score (nSPS) is 12.4. The Hall–Kier alpha value is -1.71. The number of aromatic nitrogens is 1. The van der Waals surface area contributed by atoms with Crippen LogP contribution in [-0.4, -0.2) is 21.8 Å². The van der Waals surface area contributed by atoms with E-state index in [4.69, 9.17) is 5.11 Å². The van der Waals surface area contributed by atoms with Crippen molar-refractivity contribution in [2.45, 2.75) is 12.5 Å². The third-order valence-corrected chi connectivity index (χ3v) is 2.83. The van der Waals surface area contributed by atoms with Gasteiger partial charge in [-0.05, 0) is 22.8 Å². The van der Waals surface area contributed by atoms with E-state index in [1.165, 1.54) is 0 Å². The van der Waals surface area contributed by atoms with E-state index in [1.807, 2.05) is 36.4 Å². The highest BCUT2D eigenvalue weighted by Crippen LogP contribution is 2.23. The molecule has 0 fully saturated rings. The van der Waals surface area contributed by atoms with E-state index in [-0.39, 0.29) is 19.1 Å². The number of aliphatic hydroxyl groups excluding tert-OH is 2. The molecule has 0 amide bonds. The Morgan fingerprint density at radius 1 is 1.00 bits per heavy atom. The lowest BCUT2D eigenvalue weighted by molar-refractivity contribution is 0.279. The van der Waals surface area contributed by atoms with E-state index in [1.54, 1.807) is 12.4 Å². The molecule has 3 nitrogen and oxygen atoms in total. The first-order chi connectivity index (χ1) is 8.35. The molecule has 0 saturated heterocycles. The molecule has 0 aliphatic carbocycles. The molecule has 1 unspecified atom stereocenters. The molecule has 0 aliphatic heterocycles. The minimum atomic E-state index is -0.0588. The van der Waals surface area contributed by atoms with E-state index in [0.717, 1.165) is 16.7 Å². The first kappa shape index (κ1) is 11.8. The summed E-state index contributed by atoms with van der Waals surface area (Å²) in [6.45, 7) is 0.0845. The first-order valence-electron chi connectivity index (χ1n) is 5.55. The molecule has 0 bridgehead atoms. The topological polar surface area (TPSA) is 53.4 Å². The molecule has 3 heteroatoms. The van der Waals surface area contributed by atoms with E-state index < -0.39 is 0 Å². The summed E-state index contributed by atoms with van der Waals surface area (Å²) in [5.74, 6) is -0.0588. The van der Waals surface area contributed by atoms with Crippen LogP contribution >= 0.6 is 0 Å². The lowest BCUT2D eigenvalue weighted by Gasteiger charge is -2.14. The molecule has 2 N–H and O–H groups in total. The molecule has 0 saturated carbocycles. The summed E-state index contributed by atoms with van der Waals surface area (Å²) in [5.41, 5.74) is 2.89. The Morgan fingerprint density at radius 3 is 2.29 bits per heavy atom. The Morgan fingerprint density at radius 2 is 1.76 bits per heavy atom. The molecule has 2 aromatic rings. The zero-order valence-corrected chi connectivity index (χ0v) is 9.45. The molecule has 88 valence electrons. The van der Waals surface area contributed by atoms with Crippen LogP contribution < -0.4 is 0 Å². The first-order valence-corrected chi connectivity index (χ1v) is 5.55. The van der Waals surface area contributed by atoms with Gasteiger partial charge in [0.2, 0.25) is 0 Å². The van der Waals surface area contributed by atoms with Crippen molar-refractivity contribution in [2.75, 3.05) is 6.61 Å². The van der Waals surface area contributed by atoms with E-state index in [2.05, 4.69) is 4.98 Å². The summed E-state index contributed by atoms with van der Waals surface area (Å²) in [7, 11) is 0. The van der Waals surface area contributed by atoms with Gasteiger partial charge < -0.3 is 10.2 Å². The number of pyridine rings is 1. The standard InChI is InChI=1S/C14H15NO2/c16-9-11-3-5-12(6-4-11)14(10-17)13-2-1-7-15-8-13/h1-8,14,16-17H,9-10H2. The number of nitrogens with zero attached hydrogens (tertiary/aromatic N) is 1. The zero-order valence-electron chi connectivity index (χ0n) is 9.45. The van der Waals surface area contributed by atoms with Gasteiger partial charge in [0.05, 0.1) is 13.2 Å². The number of hydrogen-bond acceptors (Lipinski definition) is 3. The molecule has 0 spiro atoms. The second-order valence-electron chi connectivity index (χ2n) is 3.92. The maximum absolute atomic E-state index is 9.48. The summed E-state index contributed by atoms with van der Waals surface area (Å²) in [4.78, 5) is 4.06. The second-order valence-corrected chi connectivity index (χ2v) is 3.92. The van der Waals surface area contributed by atoms with Gasteiger partial charge in [-0.25, -0.2) is 0 Å². The molecule has 2 rings (SSSR count). The monoisotopic (exact) mass is 229 g/mol. The predicted molar refractivity (Wildman–Crippen MR) is 65.5 cm³/mol. The quantitative estimate of drug-likeness (QED) is 0.839. The van der Waals surface area contributed by atoms with Crippen molar-refractivity contribution in [3.63, 3.8) is 0 Å². The Labute approximate surface area is 100 Å². The average Bonchev–Trinajstić information content (AvgIpc) is 2.42. The van der Waals surface area contributed by atoms with Crippen molar-refractivity contribution in [2.24, 2.45) is 0 Å². The molecule has 1 heterocycles. The van der Waals surface area contributed by atoms with Crippen LogP contribution in [0.1, 0.15) is 22.6 Å². The van der Waals surface area contributed by atoms with Crippen LogP contribution in [0.25, 0.3) is 0 Å². The van der Waals surface area contributed by atoms with Crippen LogP contribution in [0.5, 0.6) is 0 Å². The molecule has 0 radical (unpaired) electrons. The molecule has 17 heavy (non-hydrogen) atoms. The maximum atomic E-state index is 9.48. The van der Waals surface area contributed by atoms with Gasteiger partial charge in [0, 0.05) is 18.3 Å². The Bertz CT molecular complexity index is 453. The van der Waals surface area contributed by atoms with Crippen LogP contribution in [0.3, 0.4) is 0 Å². The summed E-state index contributed by atoms with van der Waals surface area (Å²) < 4.78 is 0. The highest BCUT2D eigenvalue weighted by Gasteiger charge is 2.12. The third-order valence-electron chi connectivity index (χ3n) is 2.83. The minimum absolute atomic E-state index is 0.0387. The zero-order chi connectivity index (χ0) is 12.1. The summed E-state index contributed by atoms with van der Waals surface area (Å²) in [6.07, 6.45) is 3.48. The maximum Gasteiger partial charge on any atom is 0.0681 e. The number of hydrogen-bond donors (Lipinski definition) is 2. The van der Waals surface area contributed by atoms with Gasteiger partial charge >= 0.3 is 0 Å². The fourth-order valence-corrected chi connectivity index (χ4v) is 1.84. The van der Waals surface area contributed by atoms with Crippen LogP contribution in [0, 0.1) is 0 Å². The highest BCUT2D eigenvalue weighted by atomic mass is 16.3. The van der Waals surface area contributed by atoms with E-state index >= 15 is 0 Å². The lowest BCUT2D eigenvalue weighted by atomic mass is 9.93. The van der Waals surface area contributed by atoms with Gasteiger partial charge in [-0.3, -0.25) is 4.98 Å². The summed E-state index contributed by atoms with van der Waals surface area (Å²) in [6, 6.07) is 11.4. The van der Waals surface area contributed by atoms with Crippen LogP contribution in [0.15, 0.2) is 48.8 Å². The molecule has 1 aromatic carbocycles. The second kappa shape index (κ2) is 5.57. The van der Waals surface area contributed by atoms with Crippen LogP contribution in [-0.2, 0) is 6.61 Å². The minimum Gasteiger partial charge on any atom is -0.395 e. The van der Waals surface area contributed by atoms with Crippen molar-refractivity contribution in [3.05, 3.63) is 65.5 Å². The molecular formula is C14H15NO2. The van der Waals surface area contributed by atoms with Gasteiger partial charge in [0.15, 0.2) is 0 Å². The van der Waals surface area contributed by atoms with E-state index in [0.29, 0.717) is 0 Å². The largest absolute Gasteiger partial charge is 0.395 e. The lowest BCUT2D eigenvalue weighted by Crippen LogP contribution is -2.06. The van der Waals surface area contributed by atoms with Gasteiger partial charge in [0.1, 0.15) is 0 Å².